The van der Waals surface area contributed by atoms with Gasteiger partial charge in [-0.25, -0.2) is 5.43 Å². The lowest BCUT2D eigenvalue weighted by atomic mass is 10.2. The number of hydrogen-bond acceptors (Lipinski definition) is 4. The Labute approximate surface area is 157 Å². The highest BCUT2D eigenvalue weighted by Gasteiger charge is 2.07. The molecule has 2 rings (SSSR count). The normalized spacial score (nSPS) is 10.6. The van der Waals surface area contributed by atoms with Gasteiger partial charge in [-0.2, -0.15) is 5.10 Å². The summed E-state index contributed by atoms with van der Waals surface area (Å²) in [5, 5.41) is 7.15. The Morgan fingerprint density at radius 2 is 1.81 bits per heavy atom. The largest absolute Gasteiger partial charge is 0.497 e. The summed E-state index contributed by atoms with van der Waals surface area (Å²) in [6.07, 6.45) is 1.60. The van der Waals surface area contributed by atoms with Crippen LogP contribution in [0.3, 0.4) is 0 Å². The molecule has 0 saturated carbocycles. The Kier molecular flexibility index (Phi) is 7.17. The maximum atomic E-state index is 11.9. The molecule has 0 fully saturated rings. The van der Waals surface area contributed by atoms with E-state index in [1.807, 2.05) is 25.1 Å². The minimum absolute atomic E-state index is 0.0331. The van der Waals surface area contributed by atoms with Crippen LogP contribution in [-0.4, -0.2) is 25.1 Å². The van der Waals surface area contributed by atoms with Gasteiger partial charge in [0, 0.05) is 23.6 Å². The molecule has 0 atom stereocenters. The van der Waals surface area contributed by atoms with E-state index >= 15 is 0 Å². The van der Waals surface area contributed by atoms with Crippen molar-refractivity contribution < 1.29 is 14.3 Å². The van der Waals surface area contributed by atoms with E-state index in [1.165, 1.54) is 6.21 Å². The molecule has 0 aromatic heterocycles. The third kappa shape index (κ3) is 6.22. The van der Waals surface area contributed by atoms with E-state index < -0.39 is 0 Å². The Bertz CT molecular complexity index is 804. The number of amides is 2. The molecule has 0 bridgehead atoms. The van der Waals surface area contributed by atoms with Crippen LogP contribution in [0, 0.1) is 6.92 Å². The van der Waals surface area contributed by atoms with Crippen molar-refractivity contribution in [3.8, 4) is 5.75 Å². The van der Waals surface area contributed by atoms with E-state index in [0.717, 1.165) is 16.9 Å². The fraction of sp³-hybridized carbons (Fsp3) is 0.211. The average Bonchev–Trinajstić information content (AvgIpc) is 2.63. The van der Waals surface area contributed by atoms with Gasteiger partial charge in [-0.15, -0.1) is 0 Å². The van der Waals surface area contributed by atoms with Gasteiger partial charge in [-0.3, -0.25) is 9.59 Å². The minimum atomic E-state index is -0.341. The molecule has 26 heavy (non-hydrogen) atoms. The van der Waals surface area contributed by atoms with Crippen molar-refractivity contribution in [2.45, 2.75) is 19.8 Å². The number of nitrogens with zero attached hydrogens (tertiary/aromatic N) is 1. The molecule has 0 saturated heterocycles. The molecule has 0 heterocycles. The van der Waals surface area contributed by atoms with E-state index in [9.17, 15) is 9.59 Å². The smallest absolute Gasteiger partial charge is 0.240 e. The molecule has 2 aromatic rings. The fourth-order valence-corrected chi connectivity index (χ4v) is 2.23. The quantitative estimate of drug-likeness (QED) is 0.575. The molecule has 2 N–H and O–H groups in total. The molecule has 0 unspecified atom stereocenters. The van der Waals surface area contributed by atoms with Gasteiger partial charge < -0.3 is 10.1 Å². The third-order valence-electron chi connectivity index (χ3n) is 3.55. The van der Waals surface area contributed by atoms with Crippen LogP contribution < -0.4 is 15.5 Å². The number of anilines is 1. The summed E-state index contributed by atoms with van der Waals surface area (Å²) < 4.78 is 5.06. The SMILES string of the molecule is COc1ccc(C=NNC(=O)CCC(=O)Nc2ccc(C)c(Cl)c2)cc1. The molecule has 136 valence electrons. The van der Waals surface area contributed by atoms with Crippen LogP contribution in [-0.2, 0) is 9.59 Å². The first kappa shape index (κ1) is 19.5. The minimum Gasteiger partial charge on any atom is -0.497 e. The summed E-state index contributed by atoms with van der Waals surface area (Å²) in [7, 11) is 1.59. The molecule has 2 amide bonds. The van der Waals surface area contributed by atoms with Gasteiger partial charge in [0.1, 0.15) is 5.75 Å². The number of rotatable bonds is 7. The first-order chi connectivity index (χ1) is 12.5. The molecule has 6 nitrogen and oxygen atoms in total. The van der Waals surface area contributed by atoms with Crippen LogP contribution in [0.25, 0.3) is 0 Å². The van der Waals surface area contributed by atoms with Crippen LogP contribution in [0.5, 0.6) is 5.75 Å². The summed E-state index contributed by atoms with van der Waals surface area (Å²) in [4.78, 5) is 23.6. The molecule has 2 aromatic carbocycles. The van der Waals surface area contributed by atoms with Crippen molar-refractivity contribution in [2.75, 3.05) is 12.4 Å². The highest BCUT2D eigenvalue weighted by molar-refractivity contribution is 6.31. The number of hydrazone groups is 1. The average molecular weight is 374 g/mol. The zero-order valence-electron chi connectivity index (χ0n) is 14.6. The molecule has 7 heteroatoms. The second kappa shape index (κ2) is 9.58. The predicted octanol–water partition coefficient (Wildman–Crippen LogP) is 3.53. The molecular formula is C19H20ClN3O3. The maximum absolute atomic E-state index is 11.9. The summed E-state index contributed by atoms with van der Waals surface area (Å²) >= 11 is 6.01. The van der Waals surface area contributed by atoms with Gasteiger partial charge in [0.2, 0.25) is 11.8 Å². The standard InChI is InChI=1S/C19H20ClN3O3/c1-13-3-6-15(11-17(13)20)22-18(24)9-10-19(25)23-21-12-14-4-7-16(26-2)8-5-14/h3-8,11-12H,9-10H2,1-2H3,(H,22,24)(H,23,25). The van der Waals surface area contributed by atoms with Gasteiger partial charge in [0.25, 0.3) is 0 Å². The maximum Gasteiger partial charge on any atom is 0.240 e. The van der Waals surface area contributed by atoms with Crippen LogP contribution in [0.4, 0.5) is 5.69 Å². The predicted molar refractivity (Wildman–Crippen MR) is 103 cm³/mol. The molecule has 0 aliphatic carbocycles. The highest BCUT2D eigenvalue weighted by Crippen LogP contribution is 2.20. The highest BCUT2D eigenvalue weighted by atomic mass is 35.5. The van der Waals surface area contributed by atoms with E-state index in [2.05, 4.69) is 15.8 Å². The number of benzene rings is 2. The zero-order chi connectivity index (χ0) is 18.9. The topological polar surface area (TPSA) is 79.8 Å². The molecule has 0 radical (unpaired) electrons. The van der Waals surface area contributed by atoms with E-state index in [0.29, 0.717) is 10.7 Å². The lowest BCUT2D eigenvalue weighted by molar-refractivity contribution is -0.124. The second-order valence-electron chi connectivity index (χ2n) is 5.58. The number of carbonyl (C=O) groups excluding carboxylic acids is 2. The summed E-state index contributed by atoms with van der Waals surface area (Å²) in [6.45, 7) is 1.88. The molecule has 0 aliphatic rings. The number of ether oxygens (including phenoxy) is 1. The second-order valence-corrected chi connectivity index (χ2v) is 5.99. The van der Waals surface area contributed by atoms with Gasteiger partial charge in [0.15, 0.2) is 0 Å². The van der Waals surface area contributed by atoms with Crippen LogP contribution >= 0.6 is 11.6 Å². The van der Waals surface area contributed by atoms with Gasteiger partial charge >= 0.3 is 0 Å². The van der Waals surface area contributed by atoms with Crippen molar-refractivity contribution in [1.82, 2.24) is 5.43 Å². The number of nitrogens with one attached hydrogen (secondary N) is 2. The van der Waals surface area contributed by atoms with Crippen molar-refractivity contribution in [2.24, 2.45) is 5.10 Å². The Morgan fingerprint density at radius 1 is 1.12 bits per heavy atom. The molecule has 0 aliphatic heterocycles. The van der Waals surface area contributed by atoms with E-state index in [4.69, 9.17) is 16.3 Å². The lowest BCUT2D eigenvalue weighted by Crippen LogP contribution is -2.20. The number of aryl methyl sites for hydroxylation is 1. The van der Waals surface area contributed by atoms with Gasteiger partial charge in [-0.05, 0) is 54.4 Å². The third-order valence-corrected chi connectivity index (χ3v) is 3.96. The van der Waals surface area contributed by atoms with Crippen molar-refractivity contribution >= 4 is 35.3 Å². The summed E-state index contributed by atoms with van der Waals surface area (Å²) in [5.41, 5.74) is 4.74. The summed E-state index contributed by atoms with van der Waals surface area (Å²) in [6, 6.07) is 12.5. The Hall–Kier alpha value is -2.86. The van der Waals surface area contributed by atoms with Gasteiger partial charge in [0.05, 0.1) is 13.3 Å². The van der Waals surface area contributed by atoms with Crippen molar-refractivity contribution in [1.29, 1.82) is 0 Å². The first-order valence-electron chi connectivity index (χ1n) is 8.00. The zero-order valence-corrected chi connectivity index (χ0v) is 15.3. The van der Waals surface area contributed by atoms with E-state index in [1.54, 1.807) is 31.4 Å². The van der Waals surface area contributed by atoms with Gasteiger partial charge in [-0.1, -0.05) is 17.7 Å². The Morgan fingerprint density at radius 3 is 2.46 bits per heavy atom. The van der Waals surface area contributed by atoms with Crippen LogP contribution in [0.15, 0.2) is 47.6 Å². The molecule has 0 spiro atoms. The van der Waals surface area contributed by atoms with Crippen molar-refractivity contribution in [3.05, 3.63) is 58.6 Å². The Balaban J connectivity index is 1.74. The number of hydrogen-bond donors (Lipinski definition) is 2. The number of carbonyl (C=O) groups is 2. The number of methoxy groups -OCH3 is 1. The molecular weight excluding hydrogens is 354 g/mol. The monoisotopic (exact) mass is 373 g/mol. The number of halogens is 1. The van der Waals surface area contributed by atoms with Crippen molar-refractivity contribution in [3.63, 3.8) is 0 Å². The lowest BCUT2D eigenvalue weighted by Gasteiger charge is -2.06. The fourth-order valence-electron chi connectivity index (χ4n) is 2.05. The van der Waals surface area contributed by atoms with Crippen LogP contribution in [0.1, 0.15) is 24.0 Å². The first-order valence-corrected chi connectivity index (χ1v) is 8.37. The van der Waals surface area contributed by atoms with Crippen LogP contribution in [0.2, 0.25) is 5.02 Å². The van der Waals surface area contributed by atoms with E-state index in [-0.39, 0.29) is 24.7 Å². The summed E-state index contributed by atoms with van der Waals surface area (Å²) in [5.74, 6) is 0.137.